The van der Waals surface area contributed by atoms with Gasteiger partial charge in [-0.15, -0.1) is 0 Å². The van der Waals surface area contributed by atoms with Crippen molar-refractivity contribution in [1.82, 2.24) is 9.80 Å². The molecule has 2 fully saturated rings. The van der Waals surface area contributed by atoms with Gasteiger partial charge < -0.3 is 9.80 Å². The van der Waals surface area contributed by atoms with Gasteiger partial charge in [0.1, 0.15) is 5.82 Å². The Morgan fingerprint density at radius 3 is 2.75 bits per heavy atom. The van der Waals surface area contributed by atoms with Crippen LogP contribution in [0, 0.1) is 17.7 Å². The highest BCUT2D eigenvalue weighted by molar-refractivity contribution is 6.30. The minimum absolute atomic E-state index is 0.0417. The van der Waals surface area contributed by atoms with E-state index in [4.69, 9.17) is 11.6 Å². The number of likely N-dealkylation sites (N-methyl/N-ethyl adjacent to an activating group) is 1. The second-order valence-corrected chi connectivity index (χ2v) is 7.52. The van der Waals surface area contributed by atoms with Crippen LogP contribution in [0.25, 0.3) is 0 Å². The molecule has 0 spiro atoms. The van der Waals surface area contributed by atoms with Crippen LogP contribution >= 0.6 is 11.6 Å². The zero-order chi connectivity index (χ0) is 17.4. The molecule has 0 radical (unpaired) electrons. The number of hydrogen-bond donors (Lipinski definition) is 0. The summed E-state index contributed by atoms with van der Waals surface area (Å²) in [6, 6.07) is 4.35. The van der Waals surface area contributed by atoms with Crippen LogP contribution in [0.1, 0.15) is 24.8 Å². The number of nitrogens with zero attached hydrogens (tertiary/aromatic N) is 2. The van der Waals surface area contributed by atoms with Gasteiger partial charge in [0.05, 0.1) is 6.42 Å². The number of halogens is 2. The normalized spacial score (nSPS) is 26.4. The molecule has 2 aliphatic rings. The van der Waals surface area contributed by atoms with Gasteiger partial charge in [-0.3, -0.25) is 9.59 Å². The molecule has 1 aliphatic carbocycles. The topological polar surface area (TPSA) is 40.6 Å². The third-order valence-corrected chi connectivity index (χ3v) is 5.62. The summed E-state index contributed by atoms with van der Waals surface area (Å²) in [4.78, 5) is 27.9. The van der Waals surface area contributed by atoms with Crippen molar-refractivity contribution < 1.29 is 14.0 Å². The average Bonchev–Trinajstić information content (AvgIpc) is 2.88. The summed E-state index contributed by atoms with van der Waals surface area (Å²) in [5, 5.41) is 0.300. The van der Waals surface area contributed by atoms with Gasteiger partial charge in [-0.1, -0.05) is 11.6 Å². The molecule has 1 aromatic rings. The number of piperidine rings is 1. The zero-order valence-corrected chi connectivity index (χ0v) is 14.7. The first-order valence-corrected chi connectivity index (χ1v) is 8.66. The van der Waals surface area contributed by atoms with Crippen LogP contribution in [-0.2, 0) is 16.0 Å². The van der Waals surface area contributed by atoms with Crippen LogP contribution in [0.5, 0.6) is 0 Å². The lowest BCUT2D eigenvalue weighted by Crippen LogP contribution is -2.40. The first kappa shape index (κ1) is 17.2. The summed E-state index contributed by atoms with van der Waals surface area (Å²) in [6.07, 6.45) is 2.52. The van der Waals surface area contributed by atoms with Crippen LogP contribution in [0.3, 0.4) is 0 Å². The van der Waals surface area contributed by atoms with E-state index in [1.807, 2.05) is 7.05 Å². The molecule has 2 amide bonds. The molecule has 1 aliphatic heterocycles. The maximum atomic E-state index is 13.4. The minimum atomic E-state index is -0.429. The van der Waals surface area contributed by atoms with Crippen LogP contribution in [-0.4, -0.2) is 48.3 Å². The summed E-state index contributed by atoms with van der Waals surface area (Å²) in [6.45, 7) is 0.779. The Bertz CT molecular complexity index is 646. The van der Waals surface area contributed by atoms with Gasteiger partial charge >= 0.3 is 0 Å². The maximum Gasteiger partial charge on any atom is 0.226 e. The molecule has 0 N–H and O–H groups in total. The van der Waals surface area contributed by atoms with E-state index in [0.29, 0.717) is 28.8 Å². The Hall–Kier alpha value is -1.62. The zero-order valence-electron chi connectivity index (χ0n) is 14.0. The fraction of sp³-hybridized carbons (Fsp3) is 0.556. The summed E-state index contributed by atoms with van der Waals surface area (Å²) in [5.41, 5.74) is 0.585. The molecule has 1 aromatic carbocycles. The predicted molar refractivity (Wildman–Crippen MR) is 90.1 cm³/mol. The highest BCUT2D eigenvalue weighted by Crippen LogP contribution is 2.40. The van der Waals surface area contributed by atoms with Crippen molar-refractivity contribution in [2.24, 2.45) is 11.8 Å². The molecule has 130 valence electrons. The molecule has 0 aromatic heterocycles. The molecule has 0 unspecified atom stereocenters. The lowest BCUT2D eigenvalue weighted by Gasteiger charge is -2.31. The van der Waals surface area contributed by atoms with E-state index in [-0.39, 0.29) is 24.3 Å². The van der Waals surface area contributed by atoms with Crippen molar-refractivity contribution >= 4 is 23.4 Å². The van der Waals surface area contributed by atoms with Crippen molar-refractivity contribution in [3.05, 3.63) is 34.6 Å². The number of carbonyl (C=O) groups is 2. The molecule has 3 rings (SSSR count). The molecule has 6 heteroatoms. The molecular formula is C18H22ClFN2O2. The number of carbonyl (C=O) groups excluding carboxylic acids is 2. The van der Waals surface area contributed by atoms with Gasteiger partial charge in [-0.05, 0) is 48.4 Å². The lowest BCUT2D eigenvalue weighted by molar-refractivity contribution is -0.135. The fourth-order valence-corrected chi connectivity index (χ4v) is 4.26. The number of hydrogen-bond acceptors (Lipinski definition) is 2. The van der Waals surface area contributed by atoms with Crippen molar-refractivity contribution in [3.8, 4) is 0 Å². The van der Waals surface area contributed by atoms with Crippen molar-refractivity contribution in [3.63, 3.8) is 0 Å². The van der Waals surface area contributed by atoms with E-state index in [9.17, 15) is 14.0 Å². The van der Waals surface area contributed by atoms with E-state index in [1.165, 1.54) is 12.1 Å². The molecule has 1 saturated heterocycles. The number of benzene rings is 1. The maximum absolute atomic E-state index is 13.4. The molecule has 1 saturated carbocycles. The lowest BCUT2D eigenvalue weighted by atomic mass is 9.88. The van der Waals surface area contributed by atoms with Gasteiger partial charge in [0, 0.05) is 38.1 Å². The second-order valence-electron chi connectivity index (χ2n) is 7.08. The minimum Gasteiger partial charge on any atom is -0.345 e. The SMILES string of the molecule is CN1C[C@H]2C[C@@H](N(C)C(=O)Cc3cc(F)cc(Cl)c3)C[C@H]2CC1=O. The monoisotopic (exact) mass is 352 g/mol. The Labute approximate surface area is 146 Å². The number of rotatable bonds is 3. The van der Waals surface area contributed by atoms with Crippen LogP contribution < -0.4 is 0 Å². The molecule has 0 bridgehead atoms. The van der Waals surface area contributed by atoms with E-state index < -0.39 is 5.82 Å². The molecule has 3 atom stereocenters. The van der Waals surface area contributed by atoms with Crippen molar-refractivity contribution in [2.45, 2.75) is 31.7 Å². The number of likely N-dealkylation sites (tertiary alicyclic amines) is 1. The average molecular weight is 353 g/mol. The Morgan fingerprint density at radius 2 is 2.04 bits per heavy atom. The summed E-state index contributed by atoms with van der Waals surface area (Å²) in [7, 11) is 3.64. The van der Waals surface area contributed by atoms with Crippen LogP contribution in [0.15, 0.2) is 18.2 Å². The summed E-state index contributed by atoms with van der Waals surface area (Å²) in [5.74, 6) is 0.566. The summed E-state index contributed by atoms with van der Waals surface area (Å²) >= 11 is 5.85. The van der Waals surface area contributed by atoms with Crippen molar-refractivity contribution in [1.29, 1.82) is 0 Å². The number of amides is 2. The van der Waals surface area contributed by atoms with Gasteiger partial charge in [0.15, 0.2) is 0 Å². The predicted octanol–water partition coefficient (Wildman–Crippen LogP) is 2.74. The third kappa shape index (κ3) is 3.56. The van der Waals surface area contributed by atoms with Gasteiger partial charge in [-0.25, -0.2) is 4.39 Å². The third-order valence-electron chi connectivity index (χ3n) is 5.41. The van der Waals surface area contributed by atoms with E-state index in [1.54, 1.807) is 22.9 Å². The first-order valence-electron chi connectivity index (χ1n) is 8.28. The van der Waals surface area contributed by atoms with Gasteiger partial charge in [0.25, 0.3) is 0 Å². The number of fused-ring (bicyclic) bond motifs is 1. The Balaban J connectivity index is 1.63. The largest absolute Gasteiger partial charge is 0.345 e. The van der Waals surface area contributed by atoms with E-state index >= 15 is 0 Å². The summed E-state index contributed by atoms with van der Waals surface area (Å²) < 4.78 is 13.4. The van der Waals surface area contributed by atoms with E-state index in [0.717, 1.165) is 19.4 Å². The highest BCUT2D eigenvalue weighted by atomic mass is 35.5. The Morgan fingerprint density at radius 1 is 1.33 bits per heavy atom. The van der Waals surface area contributed by atoms with Gasteiger partial charge in [0.2, 0.25) is 11.8 Å². The molecule has 24 heavy (non-hydrogen) atoms. The Kier molecular flexibility index (Phi) is 4.81. The highest BCUT2D eigenvalue weighted by Gasteiger charge is 2.42. The molecule has 1 heterocycles. The molecule has 4 nitrogen and oxygen atoms in total. The van der Waals surface area contributed by atoms with E-state index in [2.05, 4.69) is 0 Å². The van der Waals surface area contributed by atoms with Crippen molar-refractivity contribution in [2.75, 3.05) is 20.6 Å². The van der Waals surface area contributed by atoms with Gasteiger partial charge in [-0.2, -0.15) is 0 Å². The second kappa shape index (κ2) is 6.71. The smallest absolute Gasteiger partial charge is 0.226 e. The first-order chi connectivity index (χ1) is 11.3. The molecular weight excluding hydrogens is 331 g/mol. The standard InChI is InChI=1S/C18H22ClFN2O2/c1-21-10-13-7-16(6-12(13)8-17(21)23)22(2)18(24)5-11-3-14(19)9-15(20)4-11/h3-4,9,12-13,16H,5-8,10H2,1-2H3/t12-,13+,16-/m0/s1. The van der Waals surface area contributed by atoms with Crippen LogP contribution in [0.4, 0.5) is 4.39 Å². The fourth-order valence-electron chi connectivity index (χ4n) is 4.02. The quantitative estimate of drug-likeness (QED) is 0.839. The van der Waals surface area contributed by atoms with Crippen LogP contribution in [0.2, 0.25) is 5.02 Å².